The number of halogens is 3. The molecule has 3 saturated heterocycles. The maximum Gasteiger partial charge on any atom is 0.345 e. The molecular formula is C51H53Cl2FN6O11S. The lowest BCUT2D eigenvalue weighted by molar-refractivity contribution is -0.145. The highest BCUT2D eigenvalue weighted by Gasteiger charge is 2.48. The van der Waals surface area contributed by atoms with Crippen molar-refractivity contribution < 1.29 is 56.9 Å². The fourth-order valence-electron chi connectivity index (χ4n) is 9.50. The lowest BCUT2D eigenvalue weighted by atomic mass is 9.92. The summed E-state index contributed by atoms with van der Waals surface area (Å²) < 4.78 is 69.7. The van der Waals surface area contributed by atoms with Gasteiger partial charge in [0, 0.05) is 68.5 Å². The Hall–Kier alpha value is -5.48. The highest BCUT2D eigenvalue weighted by atomic mass is 35.5. The summed E-state index contributed by atoms with van der Waals surface area (Å²) in [6.45, 7) is 9.03. The Labute approximate surface area is 429 Å². The smallest absolute Gasteiger partial charge is 0.345 e. The zero-order valence-electron chi connectivity index (χ0n) is 40.0. The average Bonchev–Trinajstić information content (AvgIpc) is 4.10. The van der Waals surface area contributed by atoms with Gasteiger partial charge in [-0.25, -0.2) is 24.1 Å². The first-order valence-electron chi connectivity index (χ1n) is 23.6. The summed E-state index contributed by atoms with van der Waals surface area (Å²) in [7, 11) is 3.74. The van der Waals surface area contributed by atoms with E-state index in [0.717, 1.165) is 26.2 Å². The fraction of sp³-hybridized carbons (Fsp3) is 0.431. The number of hydrogen-bond acceptors (Lipinski definition) is 17. The van der Waals surface area contributed by atoms with Crippen molar-refractivity contribution in [2.24, 2.45) is 0 Å². The molecule has 5 aliphatic rings. The van der Waals surface area contributed by atoms with Crippen molar-refractivity contribution in [1.29, 1.82) is 0 Å². The highest BCUT2D eigenvalue weighted by molar-refractivity contribution is 7.22. The van der Waals surface area contributed by atoms with Crippen molar-refractivity contribution in [2.75, 3.05) is 79.9 Å². The lowest BCUT2D eigenvalue weighted by Gasteiger charge is -2.35. The van der Waals surface area contributed by atoms with E-state index in [0.29, 0.717) is 91.2 Å². The van der Waals surface area contributed by atoms with Crippen LogP contribution in [0.5, 0.6) is 29.1 Å². The van der Waals surface area contributed by atoms with E-state index >= 15 is 0 Å². The molecule has 17 nitrogen and oxygen atoms in total. The molecule has 3 aromatic carbocycles. The topological polar surface area (TPSA) is 178 Å². The van der Waals surface area contributed by atoms with Crippen LogP contribution in [-0.4, -0.2) is 157 Å². The fourth-order valence-corrected chi connectivity index (χ4v) is 11.2. The van der Waals surface area contributed by atoms with E-state index in [1.165, 1.54) is 29.8 Å². The van der Waals surface area contributed by atoms with Gasteiger partial charge < -0.3 is 52.6 Å². The average molecular weight is 1050 g/mol. The summed E-state index contributed by atoms with van der Waals surface area (Å²) >= 11 is 16.0. The van der Waals surface area contributed by atoms with Gasteiger partial charge in [0.25, 0.3) is 0 Å². The van der Waals surface area contributed by atoms with Crippen molar-refractivity contribution >= 4 is 50.7 Å². The minimum absolute atomic E-state index is 0.0103. The number of likely N-dealkylation sites (N-methyl/N-ethyl adjacent to an activating group) is 1. The van der Waals surface area contributed by atoms with Gasteiger partial charge in [0.05, 0.1) is 40.9 Å². The van der Waals surface area contributed by atoms with Crippen molar-refractivity contribution in [2.45, 2.75) is 63.5 Å². The summed E-state index contributed by atoms with van der Waals surface area (Å²) in [6, 6.07) is 13.1. The van der Waals surface area contributed by atoms with Crippen molar-refractivity contribution in [3.05, 3.63) is 99.3 Å². The number of hydrogen-bond donors (Lipinski definition) is 1. The number of aromatic nitrogens is 4. The van der Waals surface area contributed by atoms with Crippen molar-refractivity contribution in [1.82, 2.24) is 29.7 Å². The molecule has 6 atom stereocenters. The van der Waals surface area contributed by atoms with Crippen LogP contribution >= 0.6 is 34.5 Å². The number of piperazine rings is 1. The quantitative estimate of drug-likeness (QED) is 0.112. The minimum atomic E-state index is -1.49. The second-order valence-electron chi connectivity index (χ2n) is 18.1. The van der Waals surface area contributed by atoms with E-state index in [-0.39, 0.29) is 79.2 Å². The molecule has 0 spiro atoms. The summed E-state index contributed by atoms with van der Waals surface area (Å²) in [5.74, 6) is -0.550. The van der Waals surface area contributed by atoms with Gasteiger partial charge in [-0.2, -0.15) is 4.98 Å². The molecule has 380 valence electrons. The first kappa shape index (κ1) is 50.1. The van der Waals surface area contributed by atoms with Crippen LogP contribution in [-0.2, 0) is 36.8 Å². The summed E-state index contributed by atoms with van der Waals surface area (Å²) in [5, 5.41) is 11.9. The van der Waals surface area contributed by atoms with Crippen LogP contribution in [0.25, 0.3) is 31.8 Å². The van der Waals surface area contributed by atoms with E-state index < -0.39 is 24.0 Å². The van der Waals surface area contributed by atoms with Crippen LogP contribution < -0.4 is 23.7 Å². The first-order valence-corrected chi connectivity index (χ1v) is 25.2. The zero-order valence-corrected chi connectivity index (χ0v) is 42.3. The van der Waals surface area contributed by atoms with Crippen LogP contribution in [0.4, 0.5) is 4.39 Å². The molecule has 21 heteroatoms. The van der Waals surface area contributed by atoms with Crippen LogP contribution in [0, 0.1) is 19.7 Å². The molecule has 0 amide bonds. The van der Waals surface area contributed by atoms with Crippen molar-refractivity contribution in [3.63, 3.8) is 0 Å². The molecule has 0 saturated carbocycles. The van der Waals surface area contributed by atoms with Crippen LogP contribution in [0.2, 0.25) is 10.0 Å². The molecule has 3 fully saturated rings. The summed E-state index contributed by atoms with van der Waals surface area (Å²) in [5.41, 5.74) is 4.19. The van der Waals surface area contributed by atoms with E-state index in [4.69, 9.17) is 65.8 Å². The molecule has 1 N–H and O–H groups in total. The molecule has 0 unspecified atom stereocenters. The lowest BCUT2D eigenvalue weighted by Crippen LogP contribution is -2.49. The molecule has 0 aliphatic carbocycles. The number of thiophene rings is 1. The molecule has 8 heterocycles. The molecule has 3 aromatic heterocycles. The van der Waals surface area contributed by atoms with E-state index in [2.05, 4.69) is 36.8 Å². The van der Waals surface area contributed by atoms with Gasteiger partial charge in [-0.05, 0) is 79.5 Å². The number of fused-ring (bicyclic) bond motifs is 8. The molecule has 4 bridgehead atoms. The summed E-state index contributed by atoms with van der Waals surface area (Å²) in [6.07, 6.45) is -0.0534. The van der Waals surface area contributed by atoms with Gasteiger partial charge in [-0.15, -0.1) is 11.3 Å². The molecule has 6 aromatic rings. The number of carboxylic acid groups (broad SMARTS) is 1. The second kappa shape index (κ2) is 21.9. The van der Waals surface area contributed by atoms with E-state index in [9.17, 15) is 14.3 Å². The number of carbonyl (C=O) groups is 1. The molecule has 5 aliphatic heterocycles. The van der Waals surface area contributed by atoms with Crippen LogP contribution in [0.3, 0.4) is 0 Å². The third kappa shape index (κ3) is 10.6. The number of ether oxygens (including phenoxy) is 9. The SMILES string of the molecule is CO[C@@H]1CO[C@H]2[C@@H]1OC[C@H]2OCCOc1nccc(COc2ccc3cc2C[C@H](C(=O)O)Oc2ncnc4sc(-c5ccc(F)cc5)c(c24)-c2c(C)c(Cl)c(c(Cl)c2C)O[C@H](CN2CCN(C)CC2)CO3)n1. The van der Waals surface area contributed by atoms with Gasteiger partial charge >= 0.3 is 12.0 Å². The number of aliphatic carboxylic acids is 1. The van der Waals surface area contributed by atoms with Gasteiger partial charge in [0.2, 0.25) is 12.0 Å². The Morgan fingerprint density at radius 1 is 0.889 bits per heavy atom. The highest BCUT2D eigenvalue weighted by Crippen LogP contribution is 2.53. The maximum absolute atomic E-state index is 14.4. The third-order valence-electron chi connectivity index (χ3n) is 13.3. The Morgan fingerprint density at radius 2 is 1.64 bits per heavy atom. The van der Waals surface area contributed by atoms with Gasteiger partial charge in [0.1, 0.15) is 78.8 Å². The predicted molar refractivity (Wildman–Crippen MR) is 266 cm³/mol. The molecule has 11 rings (SSSR count). The van der Waals surface area contributed by atoms with Crippen LogP contribution in [0.15, 0.2) is 61.1 Å². The Kier molecular flexibility index (Phi) is 15.3. The maximum atomic E-state index is 14.4. The third-order valence-corrected chi connectivity index (χ3v) is 15.4. The predicted octanol–water partition coefficient (Wildman–Crippen LogP) is 7.50. The first-order chi connectivity index (χ1) is 34.9. The monoisotopic (exact) mass is 1050 g/mol. The molecular weight excluding hydrogens is 995 g/mol. The molecule has 0 radical (unpaired) electrons. The number of methoxy groups -OCH3 is 1. The standard InChI is InChI=1S/C51H53Cl2FN6O11S/c1-27-39-28(2)43(53)46(42(27)52)70-34(21-60-15-13-59(3)14-16-60)23-66-33-9-10-35(67-22-32-11-12-55-51(58-32)65-18-17-64-38-25-69-44-37(63-4)24-68-45(38)44)30(19-33)20-36(50(61)62)71-48-41-40(39)47(72-49(41)57-26-56-48)29-5-7-31(54)8-6-29/h5-12,19,26,34,36-38,44-45H,13-18,20-25H2,1-4H3,(H,61,62)/t34-,36-,37-,38-,44-,45-/m1/s1. The zero-order chi connectivity index (χ0) is 50.0. The Balaban J connectivity index is 0.970. The van der Waals surface area contributed by atoms with Crippen LogP contribution in [0.1, 0.15) is 22.4 Å². The van der Waals surface area contributed by atoms with Crippen molar-refractivity contribution in [3.8, 4) is 50.7 Å². The Morgan fingerprint density at radius 3 is 2.39 bits per heavy atom. The van der Waals surface area contributed by atoms with E-state index in [1.807, 2.05) is 13.8 Å². The Bertz CT molecular complexity index is 2900. The second-order valence-corrected chi connectivity index (χ2v) is 19.8. The van der Waals surface area contributed by atoms with Gasteiger partial charge in [-0.1, -0.05) is 35.3 Å². The number of rotatable bonds is 13. The number of benzene rings is 3. The van der Waals surface area contributed by atoms with Gasteiger partial charge in [0.15, 0.2) is 5.75 Å². The molecule has 72 heavy (non-hydrogen) atoms. The minimum Gasteiger partial charge on any atom is -0.490 e. The number of carboxylic acids is 1. The van der Waals surface area contributed by atoms with E-state index in [1.54, 1.807) is 49.7 Å². The normalized spacial score (nSPS) is 22.5. The largest absolute Gasteiger partial charge is 0.490 e. The summed E-state index contributed by atoms with van der Waals surface area (Å²) in [4.78, 5) is 37.2. The number of nitrogens with zero attached hydrogens (tertiary/aromatic N) is 6. The van der Waals surface area contributed by atoms with Gasteiger partial charge in [-0.3, -0.25) is 4.90 Å².